The fourth-order valence-electron chi connectivity index (χ4n) is 3.98. The number of benzene rings is 2. The molecule has 4 N–H and O–H groups in total. The van der Waals surface area contributed by atoms with Crippen LogP contribution in [-0.4, -0.2) is 27.7 Å². The van der Waals surface area contributed by atoms with Crippen LogP contribution in [0, 0.1) is 11.8 Å². The van der Waals surface area contributed by atoms with Gasteiger partial charge >= 0.3 is 11.9 Å². The minimum atomic E-state index is -1.47. The maximum atomic E-state index is 11.8. The molecule has 0 radical (unpaired) electrons. The Labute approximate surface area is 158 Å². The molecule has 0 spiro atoms. The van der Waals surface area contributed by atoms with E-state index in [4.69, 9.17) is 10.8 Å². The zero-order chi connectivity index (χ0) is 19.4. The van der Waals surface area contributed by atoms with Gasteiger partial charge in [-0.15, -0.1) is 0 Å². The molecule has 1 unspecified atom stereocenters. The molecule has 0 aromatic heterocycles. The zero-order valence-corrected chi connectivity index (χ0v) is 15.1. The van der Waals surface area contributed by atoms with Gasteiger partial charge in [-0.1, -0.05) is 67.1 Å². The molecular formula is C22H25NO4. The summed E-state index contributed by atoms with van der Waals surface area (Å²) < 4.78 is 0. The molecule has 0 saturated heterocycles. The fourth-order valence-corrected chi connectivity index (χ4v) is 3.98. The molecule has 5 heteroatoms. The lowest BCUT2D eigenvalue weighted by Gasteiger charge is -2.26. The Bertz CT molecular complexity index is 753. The van der Waals surface area contributed by atoms with Crippen LogP contribution >= 0.6 is 0 Å². The molecule has 1 aliphatic rings. The van der Waals surface area contributed by atoms with Gasteiger partial charge in [-0.2, -0.15) is 0 Å². The molecule has 142 valence electrons. The van der Waals surface area contributed by atoms with E-state index < -0.39 is 29.3 Å². The number of nitrogens with two attached hydrogens (primary N) is 1. The van der Waals surface area contributed by atoms with Gasteiger partial charge in [0.15, 0.2) is 0 Å². The lowest BCUT2D eigenvalue weighted by molar-refractivity contribution is -0.145. The highest BCUT2D eigenvalue weighted by atomic mass is 16.4. The second-order valence-corrected chi connectivity index (χ2v) is 7.40. The number of carbonyl (C=O) groups is 2. The summed E-state index contributed by atoms with van der Waals surface area (Å²) in [5.41, 5.74) is 7.06. The summed E-state index contributed by atoms with van der Waals surface area (Å²) in [5.74, 6) is -3.03. The average molecular weight is 367 g/mol. The molecular weight excluding hydrogens is 342 g/mol. The van der Waals surface area contributed by atoms with E-state index in [-0.39, 0.29) is 12.3 Å². The molecule has 0 heterocycles. The molecule has 0 bridgehead atoms. The SMILES string of the molecule is NC(CCCC(c1ccccc1)c1ccccc1)(C(=O)O)[C@H]1C[C@@H]1C(=O)O. The van der Waals surface area contributed by atoms with Crippen molar-refractivity contribution in [2.24, 2.45) is 17.6 Å². The zero-order valence-electron chi connectivity index (χ0n) is 15.1. The van der Waals surface area contributed by atoms with Crippen LogP contribution in [0.1, 0.15) is 42.7 Å². The fraction of sp³-hybridized carbons (Fsp3) is 0.364. The van der Waals surface area contributed by atoms with Crippen molar-refractivity contribution < 1.29 is 19.8 Å². The summed E-state index contributed by atoms with van der Waals surface area (Å²) in [6, 6.07) is 20.2. The smallest absolute Gasteiger partial charge is 0.323 e. The van der Waals surface area contributed by atoms with Gasteiger partial charge in [0.25, 0.3) is 0 Å². The van der Waals surface area contributed by atoms with Crippen LogP contribution in [0.5, 0.6) is 0 Å². The van der Waals surface area contributed by atoms with Crippen molar-refractivity contribution >= 4 is 11.9 Å². The first-order valence-electron chi connectivity index (χ1n) is 9.28. The van der Waals surface area contributed by atoms with Crippen LogP contribution in [0.3, 0.4) is 0 Å². The largest absolute Gasteiger partial charge is 0.481 e. The highest BCUT2D eigenvalue weighted by Gasteiger charge is 2.57. The van der Waals surface area contributed by atoms with Crippen LogP contribution in [0.25, 0.3) is 0 Å². The van der Waals surface area contributed by atoms with Gasteiger partial charge in [0.05, 0.1) is 5.92 Å². The predicted molar refractivity (Wildman–Crippen MR) is 102 cm³/mol. The summed E-state index contributed by atoms with van der Waals surface area (Å²) in [7, 11) is 0. The lowest BCUT2D eigenvalue weighted by Crippen LogP contribution is -2.51. The average Bonchev–Trinajstić information content (AvgIpc) is 3.48. The molecule has 27 heavy (non-hydrogen) atoms. The molecule has 0 aliphatic heterocycles. The Balaban J connectivity index is 1.72. The van der Waals surface area contributed by atoms with E-state index in [1.165, 1.54) is 11.1 Å². The van der Waals surface area contributed by atoms with E-state index in [0.717, 1.165) is 6.42 Å². The molecule has 1 saturated carbocycles. The maximum absolute atomic E-state index is 11.8. The molecule has 2 aromatic carbocycles. The summed E-state index contributed by atoms with van der Waals surface area (Å²) >= 11 is 0. The minimum Gasteiger partial charge on any atom is -0.481 e. The maximum Gasteiger partial charge on any atom is 0.323 e. The molecule has 3 atom stereocenters. The van der Waals surface area contributed by atoms with E-state index in [2.05, 4.69) is 24.3 Å². The molecule has 1 aliphatic carbocycles. The summed E-state index contributed by atoms with van der Waals surface area (Å²) in [6.07, 6.45) is 1.98. The third-order valence-electron chi connectivity index (χ3n) is 5.65. The van der Waals surface area contributed by atoms with Gasteiger partial charge < -0.3 is 15.9 Å². The standard InChI is InChI=1S/C22H25NO4/c23-22(21(26)27,19-14-18(19)20(24)25)13-7-12-17(15-8-3-1-4-9-15)16-10-5-2-6-11-16/h1-6,8-11,17-19H,7,12-14,23H2,(H,24,25)(H,26,27)/t18-,19-,22?/m0/s1. The number of carboxylic acid groups (broad SMARTS) is 2. The van der Waals surface area contributed by atoms with E-state index in [9.17, 15) is 14.7 Å². The van der Waals surface area contributed by atoms with Crippen LogP contribution in [0.15, 0.2) is 60.7 Å². The highest BCUT2D eigenvalue weighted by Crippen LogP contribution is 2.48. The van der Waals surface area contributed by atoms with Crippen molar-refractivity contribution in [2.75, 3.05) is 0 Å². The van der Waals surface area contributed by atoms with E-state index >= 15 is 0 Å². The molecule has 0 amide bonds. The third-order valence-corrected chi connectivity index (χ3v) is 5.65. The normalized spacial score (nSPS) is 20.8. The molecule has 2 aromatic rings. The van der Waals surface area contributed by atoms with Gasteiger partial charge in [-0.25, -0.2) is 0 Å². The van der Waals surface area contributed by atoms with Crippen LogP contribution in [0.2, 0.25) is 0 Å². The second kappa shape index (κ2) is 7.92. The number of aliphatic carboxylic acids is 2. The first-order chi connectivity index (χ1) is 12.9. The second-order valence-electron chi connectivity index (χ2n) is 7.40. The summed E-state index contributed by atoms with van der Waals surface area (Å²) in [4.78, 5) is 22.9. The number of hydrogen-bond acceptors (Lipinski definition) is 3. The number of hydrogen-bond donors (Lipinski definition) is 3. The molecule has 5 nitrogen and oxygen atoms in total. The first kappa shape index (κ1) is 19.1. The van der Waals surface area contributed by atoms with Crippen molar-refractivity contribution in [3.63, 3.8) is 0 Å². The number of rotatable bonds is 9. The highest BCUT2D eigenvalue weighted by molar-refractivity contribution is 5.83. The van der Waals surface area contributed by atoms with Crippen molar-refractivity contribution in [1.82, 2.24) is 0 Å². The van der Waals surface area contributed by atoms with Gasteiger partial charge in [-0.05, 0) is 30.4 Å². The topological polar surface area (TPSA) is 101 Å². The van der Waals surface area contributed by atoms with Crippen molar-refractivity contribution in [2.45, 2.75) is 37.1 Å². The van der Waals surface area contributed by atoms with Crippen LogP contribution in [-0.2, 0) is 9.59 Å². The van der Waals surface area contributed by atoms with Gasteiger partial charge in [0.1, 0.15) is 5.54 Å². The van der Waals surface area contributed by atoms with Gasteiger partial charge in [-0.3, -0.25) is 9.59 Å². The van der Waals surface area contributed by atoms with Gasteiger partial charge in [0.2, 0.25) is 0 Å². The van der Waals surface area contributed by atoms with E-state index in [0.29, 0.717) is 12.8 Å². The first-order valence-corrected chi connectivity index (χ1v) is 9.28. The predicted octanol–water partition coefficient (Wildman–Crippen LogP) is 3.49. The van der Waals surface area contributed by atoms with Crippen LogP contribution < -0.4 is 5.73 Å². The molecule has 1 fully saturated rings. The van der Waals surface area contributed by atoms with Crippen molar-refractivity contribution in [3.05, 3.63) is 71.8 Å². The number of carboxylic acids is 2. The van der Waals surface area contributed by atoms with Crippen LogP contribution in [0.4, 0.5) is 0 Å². The van der Waals surface area contributed by atoms with Gasteiger partial charge in [0, 0.05) is 11.8 Å². The monoisotopic (exact) mass is 367 g/mol. The quantitative estimate of drug-likeness (QED) is 0.630. The van der Waals surface area contributed by atoms with E-state index in [1.807, 2.05) is 36.4 Å². The molecule has 3 rings (SSSR count). The Morgan fingerprint density at radius 2 is 1.52 bits per heavy atom. The minimum absolute atomic E-state index is 0.153. The Morgan fingerprint density at radius 3 is 1.93 bits per heavy atom. The Kier molecular flexibility index (Phi) is 5.61. The van der Waals surface area contributed by atoms with Crippen molar-refractivity contribution in [3.8, 4) is 0 Å². The summed E-state index contributed by atoms with van der Waals surface area (Å²) in [6.45, 7) is 0. The summed E-state index contributed by atoms with van der Waals surface area (Å²) in [5, 5.41) is 18.8. The van der Waals surface area contributed by atoms with E-state index in [1.54, 1.807) is 0 Å². The Morgan fingerprint density at radius 1 is 1.00 bits per heavy atom. The Hall–Kier alpha value is -2.66. The third kappa shape index (κ3) is 4.19. The van der Waals surface area contributed by atoms with Crippen molar-refractivity contribution in [1.29, 1.82) is 0 Å². The lowest BCUT2D eigenvalue weighted by atomic mass is 9.82.